The number of aryl methyl sites for hydroxylation is 1. The molecule has 1 aromatic heterocycles. The van der Waals surface area contributed by atoms with Crippen LogP contribution in [-0.4, -0.2) is 15.6 Å². The molecule has 0 radical (unpaired) electrons. The quantitative estimate of drug-likeness (QED) is 0.601. The van der Waals surface area contributed by atoms with Crippen molar-refractivity contribution in [2.75, 3.05) is 0 Å². The Labute approximate surface area is 126 Å². The Morgan fingerprint density at radius 2 is 1.43 bits per heavy atom. The molecule has 2 rings (SSSR count). The first-order valence-corrected chi connectivity index (χ1v) is 6.27. The molecule has 0 aliphatic rings. The Hall–Kier alpha value is -2.32. The summed E-state index contributed by atoms with van der Waals surface area (Å²) in [5.74, 6) is -0.449. The summed E-state index contributed by atoms with van der Waals surface area (Å²) in [6, 6.07) is 2.43. The minimum absolute atomic E-state index is 0.0359. The summed E-state index contributed by atoms with van der Waals surface area (Å²) >= 11 is 0. The minimum atomic E-state index is -4.94. The van der Waals surface area contributed by atoms with E-state index >= 15 is 0 Å². The number of ketones is 1. The first-order valence-electron chi connectivity index (χ1n) is 6.27. The van der Waals surface area contributed by atoms with Crippen LogP contribution in [0.15, 0.2) is 24.3 Å². The van der Waals surface area contributed by atoms with Crippen molar-refractivity contribution in [3.05, 3.63) is 46.8 Å². The van der Waals surface area contributed by atoms with E-state index in [1.54, 1.807) is 0 Å². The van der Waals surface area contributed by atoms with Gasteiger partial charge < -0.3 is 0 Å². The van der Waals surface area contributed by atoms with Gasteiger partial charge in [0.1, 0.15) is 5.69 Å². The van der Waals surface area contributed by atoms with Crippen LogP contribution >= 0.6 is 0 Å². The summed E-state index contributed by atoms with van der Waals surface area (Å²) in [6.45, 7) is 2.62. The van der Waals surface area contributed by atoms with Crippen LogP contribution in [0.3, 0.4) is 0 Å². The number of aromatic nitrogens is 2. The summed E-state index contributed by atoms with van der Waals surface area (Å²) < 4.78 is 77.9. The van der Waals surface area contributed by atoms with Crippen molar-refractivity contribution in [2.24, 2.45) is 0 Å². The highest BCUT2D eigenvalue weighted by Crippen LogP contribution is 2.37. The topological polar surface area (TPSA) is 34.9 Å². The maximum Gasteiger partial charge on any atom is 0.416 e. The molecule has 3 nitrogen and oxygen atoms in total. The molecule has 0 aliphatic carbocycles. The predicted molar refractivity (Wildman–Crippen MR) is 68.3 cm³/mol. The van der Waals surface area contributed by atoms with Crippen molar-refractivity contribution in [1.29, 1.82) is 0 Å². The van der Waals surface area contributed by atoms with E-state index in [0.717, 1.165) is 4.68 Å². The molecular weight excluding hydrogens is 326 g/mol. The average Bonchev–Trinajstić information content (AvgIpc) is 2.78. The van der Waals surface area contributed by atoms with Crippen molar-refractivity contribution in [2.45, 2.75) is 26.2 Å². The molecule has 23 heavy (non-hydrogen) atoms. The monoisotopic (exact) mass is 336 g/mol. The van der Waals surface area contributed by atoms with Crippen LogP contribution in [0.25, 0.3) is 5.69 Å². The number of carbonyl (C=O) groups excluding carboxylic acids is 1. The van der Waals surface area contributed by atoms with E-state index in [2.05, 4.69) is 5.10 Å². The maximum atomic E-state index is 12.8. The number of nitrogens with zero attached hydrogens (tertiary/aromatic N) is 2. The van der Waals surface area contributed by atoms with Gasteiger partial charge in [-0.05, 0) is 31.2 Å². The van der Waals surface area contributed by atoms with E-state index < -0.39 is 35.0 Å². The van der Waals surface area contributed by atoms with Crippen LogP contribution in [0.2, 0.25) is 0 Å². The molecule has 9 heteroatoms. The number of Topliss-reactive ketones (excluding diaryl/α,β-unsaturated/α-hetero) is 1. The van der Waals surface area contributed by atoms with E-state index in [4.69, 9.17) is 0 Å². The van der Waals surface area contributed by atoms with Gasteiger partial charge in [0.25, 0.3) is 0 Å². The molecule has 1 heterocycles. The second-order valence-corrected chi connectivity index (χ2v) is 4.90. The van der Waals surface area contributed by atoms with Gasteiger partial charge in [0.05, 0.1) is 16.8 Å². The normalized spacial score (nSPS) is 12.5. The zero-order valence-corrected chi connectivity index (χ0v) is 11.9. The number of halogens is 6. The van der Waals surface area contributed by atoms with Gasteiger partial charge in [-0.3, -0.25) is 4.79 Å². The van der Waals surface area contributed by atoms with Crippen molar-refractivity contribution >= 4 is 5.78 Å². The van der Waals surface area contributed by atoms with Crippen LogP contribution in [0.5, 0.6) is 0 Å². The van der Waals surface area contributed by atoms with Gasteiger partial charge >= 0.3 is 12.4 Å². The molecule has 0 saturated carbocycles. The van der Waals surface area contributed by atoms with Crippen molar-refractivity contribution in [3.8, 4) is 5.69 Å². The zero-order chi connectivity index (χ0) is 17.6. The maximum absolute atomic E-state index is 12.8. The lowest BCUT2D eigenvalue weighted by atomic mass is 10.1. The fraction of sp³-hybridized carbons (Fsp3) is 0.286. The minimum Gasteiger partial charge on any atom is -0.293 e. The molecule has 124 valence electrons. The molecule has 0 amide bonds. The Morgan fingerprint density at radius 1 is 0.957 bits per heavy atom. The van der Waals surface area contributed by atoms with Gasteiger partial charge in [-0.15, -0.1) is 0 Å². The Bertz CT molecular complexity index is 725. The molecule has 1 aromatic carbocycles. The van der Waals surface area contributed by atoms with Gasteiger partial charge in [0, 0.05) is 12.6 Å². The fourth-order valence-electron chi connectivity index (χ4n) is 1.97. The summed E-state index contributed by atoms with van der Waals surface area (Å²) in [5.41, 5.74) is -3.11. The fourth-order valence-corrected chi connectivity index (χ4v) is 1.97. The predicted octanol–water partition coefficient (Wildman–Crippen LogP) is 4.42. The third-order valence-electron chi connectivity index (χ3n) is 3.07. The van der Waals surface area contributed by atoms with Gasteiger partial charge in [-0.25, -0.2) is 4.68 Å². The molecule has 0 N–H and O–H groups in total. The Morgan fingerprint density at radius 3 is 1.78 bits per heavy atom. The lowest BCUT2D eigenvalue weighted by molar-refractivity contribution is -0.143. The van der Waals surface area contributed by atoms with Gasteiger partial charge in [-0.1, -0.05) is 0 Å². The number of rotatable bonds is 2. The van der Waals surface area contributed by atoms with E-state index in [9.17, 15) is 31.1 Å². The second kappa shape index (κ2) is 5.39. The molecule has 0 aliphatic heterocycles. The molecular formula is C14H10F6N2O. The van der Waals surface area contributed by atoms with E-state index in [-0.39, 0.29) is 17.5 Å². The standard InChI is InChI=1S/C14H10F6N2O/c1-7-3-12(8(2)23)21-22(7)11-5-9(13(15,16)17)4-10(6-11)14(18,19)20/h3-6H,1-2H3. The molecule has 0 unspecified atom stereocenters. The number of carbonyl (C=O) groups is 1. The van der Waals surface area contributed by atoms with Crippen molar-refractivity contribution in [1.82, 2.24) is 9.78 Å². The van der Waals surface area contributed by atoms with E-state index in [1.807, 2.05) is 0 Å². The second-order valence-electron chi connectivity index (χ2n) is 4.90. The van der Waals surface area contributed by atoms with Gasteiger partial charge in [-0.2, -0.15) is 31.4 Å². The summed E-state index contributed by atoms with van der Waals surface area (Å²) in [6.07, 6.45) is -9.89. The SMILES string of the molecule is CC(=O)c1cc(C)n(-c2cc(C(F)(F)F)cc(C(F)(F)F)c2)n1. The number of hydrogen-bond acceptors (Lipinski definition) is 2. The van der Waals surface area contributed by atoms with Crippen molar-refractivity contribution < 1.29 is 31.1 Å². The summed E-state index contributed by atoms with van der Waals surface area (Å²) in [7, 11) is 0. The van der Waals surface area contributed by atoms with Gasteiger partial charge in [0.15, 0.2) is 5.78 Å². The first-order chi connectivity index (χ1) is 10.4. The van der Waals surface area contributed by atoms with E-state index in [0.29, 0.717) is 12.1 Å². The van der Waals surface area contributed by atoms with Crippen LogP contribution in [0, 0.1) is 6.92 Å². The lowest BCUT2D eigenvalue weighted by Gasteiger charge is -2.14. The number of benzene rings is 1. The highest BCUT2D eigenvalue weighted by atomic mass is 19.4. The Balaban J connectivity index is 2.69. The zero-order valence-electron chi connectivity index (χ0n) is 11.9. The molecule has 2 aromatic rings. The smallest absolute Gasteiger partial charge is 0.293 e. The third kappa shape index (κ3) is 3.54. The highest BCUT2D eigenvalue weighted by Gasteiger charge is 2.37. The molecule has 0 saturated heterocycles. The van der Waals surface area contributed by atoms with Crippen LogP contribution in [-0.2, 0) is 12.4 Å². The van der Waals surface area contributed by atoms with Gasteiger partial charge in [0.2, 0.25) is 0 Å². The molecule has 0 atom stereocenters. The number of hydrogen-bond donors (Lipinski definition) is 0. The van der Waals surface area contributed by atoms with Crippen LogP contribution in [0.4, 0.5) is 26.3 Å². The molecule has 0 bridgehead atoms. The Kier molecular flexibility index (Phi) is 4.00. The molecule has 0 fully saturated rings. The summed E-state index contributed by atoms with van der Waals surface area (Å²) in [4.78, 5) is 11.3. The van der Waals surface area contributed by atoms with E-state index in [1.165, 1.54) is 19.9 Å². The molecule has 0 spiro atoms. The average molecular weight is 336 g/mol. The summed E-state index contributed by atoms with van der Waals surface area (Å²) in [5, 5.41) is 3.76. The van der Waals surface area contributed by atoms with Crippen LogP contribution < -0.4 is 0 Å². The lowest BCUT2D eigenvalue weighted by Crippen LogP contribution is -2.13. The highest BCUT2D eigenvalue weighted by molar-refractivity contribution is 5.92. The largest absolute Gasteiger partial charge is 0.416 e. The van der Waals surface area contributed by atoms with Crippen LogP contribution in [0.1, 0.15) is 34.2 Å². The third-order valence-corrected chi connectivity index (χ3v) is 3.07. The van der Waals surface area contributed by atoms with Crippen molar-refractivity contribution in [3.63, 3.8) is 0 Å². The first kappa shape index (κ1) is 17.0. The number of alkyl halides is 6.